The molecule has 0 saturated carbocycles. The number of nitrogens with one attached hydrogen (secondary N) is 1. The van der Waals surface area contributed by atoms with Crippen molar-refractivity contribution in [2.75, 3.05) is 23.3 Å². The van der Waals surface area contributed by atoms with Crippen molar-refractivity contribution in [3.05, 3.63) is 22.2 Å². The third-order valence-corrected chi connectivity index (χ3v) is 4.99. The summed E-state index contributed by atoms with van der Waals surface area (Å²) in [6.45, 7) is 4.34. The first kappa shape index (κ1) is 13.9. The van der Waals surface area contributed by atoms with Gasteiger partial charge in [0.15, 0.2) is 6.10 Å². The van der Waals surface area contributed by atoms with Gasteiger partial charge in [0.25, 0.3) is 5.91 Å². The third-order valence-electron chi connectivity index (χ3n) is 4.36. The van der Waals surface area contributed by atoms with Gasteiger partial charge in [-0.3, -0.25) is 4.79 Å². The highest BCUT2D eigenvalue weighted by atomic mass is 79.9. The van der Waals surface area contributed by atoms with Crippen molar-refractivity contribution in [1.82, 2.24) is 0 Å². The lowest BCUT2D eigenvalue weighted by Gasteiger charge is -2.35. The predicted octanol–water partition coefficient (Wildman–Crippen LogP) is 3.06. The molecule has 4 nitrogen and oxygen atoms in total. The van der Waals surface area contributed by atoms with Gasteiger partial charge < -0.3 is 15.3 Å². The van der Waals surface area contributed by atoms with E-state index in [1.165, 1.54) is 19.3 Å². The topological polar surface area (TPSA) is 52.6 Å². The highest BCUT2D eigenvalue weighted by Gasteiger charge is 2.30. The lowest BCUT2D eigenvalue weighted by Crippen LogP contribution is -2.35. The molecule has 1 aromatic carbocycles. The first-order chi connectivity index (χ1) is 9.60. The molecule has 0 aliphatic carbocycles. The minimum Gasteiger partial charge on any atom is -0.378 e. The van der Waals surface area contributed by atoms with Crippen molar-refractivity contribution < 1.29 is 9.90 Å². The highest BCUT2D eigenvalue weighted by molar-refractivity contribution is 9.10. The van der Waals surface area contributed by atoms with Crippen LogP contribution in [0.15, 0.2) is 16.6 Å². The number of anilines is 2. The van der Waals surface area contributed by atoms with Crippen molar-refractivity contribution >= 4 is 33.2 Å². The minimum absolute atomic E-state index is 0.339. The molecule has 2 heterocycles. The number of carbonyl (C=O) groups is 1. The molecule has 1 saturated heterocycles. The number of piperidine rings is 1. The minimum atomic E-state index is -1.04. The Morgan fingerprint density at radius 1 is 1.50 bits per heavy atom. The molecule has 2 unspecified atom stereocenters. The fourth-order valence-corrected chi connectivity index (χ4v) is 3.73. The Balaban J connectivity index is 1.91. The maximum absolute atomic E-state index is 11.5. The molecule has 0 spiro atoms. The van der Waals surface area contributed by atoms with E-state index in [9.17, 15) is 9.90 Å². The Kier molecular flexibility index (Phi) is 3.73. The zero-order valence-electron chi connectivity index (χ0n) is 11.5. The summed E-state index contributed by atoms with van der Waals surface area (Å²) in [5.41, 5.74) is 2.50. The normalized spacial score (nSPS) is 25.6. The van der Waals surface area contributed by atoms with Crippen LogP contribution < -0.4 is 10.2 Å². The SMILES string of the molecule is CCC1CCCN(c2cc3c(cc2Br)C(O)C(=O)N3)C1. The fourth-order valence-electron chi connectivity index (χ4n) is 3.11. The van der Waals surface area contributed by atoms with E-state index >= 15 is 0 Å². The molecule has 2 aliphatic heterocycles. The van der Waals surface area contributed by atoms with Crippen LogP contribution in [0.4, 0.5) is 11.4 Å². The lowest BCUT2D eigenvalue weighted by molar-refractivity contribution is -0.123. The molecule has 1 aromatic rings. The first-order valence-electron chi connectivity index (χ1n) is 7.17. The van der Waals surface area contributed by atoms with Gasteiger partial charge in [-0.05, 0) is 46.8 Å². The van der Waals surface area contributed by atoms with E-state index in [-0.39, 0.29) is 5.91 Å². The largest absolute Gasteiger partial charge is 0.378 e. The van der Waals surface area contributed by atoms with Crippen LogP contribution in [0.25, 0.3) is 0 Å². The number of nitrogens with zero attached hydrogens (tertiary/aromatic N) is 1. The smallest absolute Gasteiger partial charge is 0.257 e. The van der Waals surface area contributed by atoms with Crippen LogP contribution in [0.5, 0.6) is 0 Å². The molecule has 1 amide bonds. The number of hydrogen-bond donors (Lipinski definition) is 2. The summed E-state index contributed by atoms with van der Waals surface area (Å²) < 4.78 is 0.948. The van der Waals surface area contributed by atoms with Gasteiger partial charge in [0, 0.05) is 28.8 Å². The van der Waals surface area contributed by atoms with Crippen LogP contribution in [0.1, 0.15) is 37.9 Å². The summed E-state index contributed by atoms with van der Waals surface area (Å²) in [6.07, 6.45) is 2.66. The number of halogens is 1. The summed E-state index contributed by atoms with van der Waals surface area (Å²) >= 11 is 3.58. The van der Waals surface area contributed by atoms with Crippen molar-refractivity contribution in [3.63, 3.8) is 0 Å². The highest BCUT2D eigenvalue weighted by Crippen LogP contribution is 2.40. The number of fused-ring (bicyclic) bond motifs is 1. The molecule has 3 rings (SSSR count). The number of aliphatic hydroxyl groups is 1. The molecule has 2 N–H and O–H groups in total. The van der Waals surface area contributed by atoms with Crippen molar-refractivity contribution in [2.45, 2.75) is 32.3 Å². The van der Waals surface area contributed by atoms with Crippen LogP contribution in [0.3, 0.4) is 0 Å². The standard InChI is InChI=1S/C15H19BrN2O2/c1-2-9-4-3-5-18(8-9)13-7-12-10(6-11(13)16)14(19)15(20)17-12/h6-7,9,14,19H,2-5,8H2,1H3,(H,17,20). The quantitative estimate of drug-likeness (QED) is 0.871. The molecule has 5 heteroatoms. The maximum Gasteiger partial charge on any atom is 0.257 e. The second-order valence-corrected chi connectivity index (χ2v) is 6.50. The fraction of sp³-hybridized carbons (Fsp3) is 0.533. The third kappa shape index (κ3) is 2.33. The number of hydrogen-bond acceptors (Lipinski definition) is 3. The van der Waals surface area contributed by atoms with Gasteiger partial charge in [-0.2, -0.15) is 0 Å². The number of benzene rings is 1. The van der Waals surface area contributed by atoms with E-state index in [1.807, 2.05) is 12.1 Å². The average molecular weight is 339 g/mol. The van der Waals surface area contributed by atoms with Crippen LogP contribution >= 0.6 is 15.9 Å². The Labute approximate surface area is 127 Å². The van der Waals surface area contributed by atoms with Gasteiger partial charge in [-0.25, -0.2) is 0 Å². The second kappa shape index (κ2) is 5.37. The lowest BCUT2D eigenvalue weighted by atomic mass is 9.95. The van der Waals surface area contributed by atoms with Gasteiger partial charge >= 0.3 is 0 Å². The second-order valence-electron chi connectivity index (χ2n) is 5.65. The number of rotatable bonds is 2. The van der Waals surface area contributed by atoms with Gasteiger partial charge in [-0.15, -0.1) is 0 Å². The van der Waals surface area contributed by atoms with E-state index in [0.717, 1.165) is 34.9 Å². The van der Waals surface area contributed by atoms with Crippen LogP contribution in [0, 0.1) is 5.92 Å². The Morgan fingerprint density at radius 3 is 3.05 bits per heavy atom. The maximum atomic E-state index is 11.5. The number of amides is 1. The zero-order chi connectivity index (χ0) is 14.3. The van der Waals surface area contributed by atoms with E-state index in [1.54, 1.807) is 0 Å². The molecule has 0 bridgehead atoms. The monoisotopic (exact) mass is 338 g/mol. The van der Waals surface area contributed by atoms with Crippen molar-refractivity contribution in [3.8, 4) is 0 Å². The van der Waals surface area contributed by atoms with E-state index in [4.69, 9.17) is 0 Å². The van der Waals surface area contributed by atoms with Gasteiger partial charge in [0.05, 0.1) is 5.69 Å². The summed E-state index contributed by atoms with van der Waals surface area (Å²) in [5.74, 6) is 0.401. The first-order valence-corrected chi connectivity index (χ1v) is 7.96. The summed E-state index contributed by atoms with van der Waals surface area (Å²) in [5, 5.41) is 12.6. The van der Waals surface area contributed by atoms with Crippen LogP contribution in [-0.2, 0) is 4.79 Å². The van der Waals surface area contributed by atoms with E-state index in [0.29, 0.717) is 5.56 Å². The zero-order valence-corrected chi connectivity index (χ0v) is 13.1. The molecule has 1 fully saturated rings. The number of carbonyl (C=O) groups excluding carboxylic acids is 1. The predicted molar refractivity (Wildman–Crippen MR) is 83.0 cm³/mol. The molecular formula is C15H19BrN2O2. The molecule has 108 valence electrons. The van der Waals surface area contributed by atoms with E-state index in [2.05, 4.69) is 33.1 Å². The Hall–Kier alpha value is -1.07. The molecule has 2 atom stereocenters. The Bertz CT molecular complexity index is 547. The number of aliphatic hydroxyl groups excluding tert-OH is 1. The van der Waals surface area contributed by atoms with Crippen molar-refractivity contribution in [1.29, 1.82) is 0 Å². The molecule has 2 aliphatic rings. The Morgan fingerprint density at radius 2 is 2.30 bits per heavy atom. The van der Waals surface area contributed by atoms with Crippen LogP contribution in [-0.4, -0.2) is 24.1 Å². The van der Waals surface area contributed by atoms with E-state index < -0.39 is 6.10 Å². The molecule has 0 radical (unpaired) electrons. The van der Waals surface area contributed by atoms with Gasteiger partial charge in [0.2, 0.25) is 0 Å². The van der Waals surface area contributed by atoms with Gasteiger partial charge in [-0.1, -0.05) is 13.3 Å². The van der Waals surface area contributed by atoms with Crippen LogP contribution in [0.2, 0.25) is 0 Å². The molecule has 0 aromatic heterocycles. The average Bonchev–Trinajstić information content (AvgIpc) is 2.73. The van der Waals surface area contributed by atoms with Crippen molar-refractivity contribution in [2.24, 2.45) is 5.92 Å². The summed E-state index contributed by atoms with van der Waals surface area (Å²) in [6, 6.07) is 3.84. The molecular weight excluding hydrogens is 320 g/mol. The summed E-state index contributed by atoms with van der Waals surface area (Å²) in [7, 11) is 0. The molecule has 20 heavy (non-hydrogen) atoms. The summed E-state index contributed by atoms with van der Waals surface area (Å²) in [4.78, 5) is 13.9. The van der Waals surface area contributed by atoms with Gasteiger partial charge in [0.1, 0.15) is 0 Å².